The summed E-state index contributed by atoms with van der Waals surface area (Å²) in [5, 5.41) is 2.79. The van der Waals surface area contributed by atoms with Crippen molar-refractivity contribution in [2.45, 2.75) is 18.6 Å². The molecule has 3 rings (SSSR count). The number of amides is 3. The van der Waals surface area contributed by atoms with Crippen LogP contribution in [-0.2, 0) is 14.4 Å². The van der Waals surface area contributed by atoms with Crippen LogP contribution in [0.3, 0.4) is 0 Å². The minimum Gasteiger partial charge on any atom is -0.492 e. The molecule has 1 aliphatic heterocycles. The number of para-hydroxylation sites is 2. The number of rotatable bonds is 7. The Bertz CT molecular complexity index is 934. The maximum Gasteiger partial charge on any atom is 0.247 e. The van der Waals surface area contributed by atoms with Gasteiger partial charge in [-0.15, -0.1) is 11.8 Å². The molecule has 0 aromatic heterocycles. The van der Waals surface area contributed by atoms with E-state index in [0.29, 0.717) is 33.8 Å². The van der Waals surface area contributed by atoms with Crippen LogP contribution in [0.5, 0.6) is 5.75 Å². The molecule has 1 saturated heterocycles. The molecule has 29 heavy (non-hydrogen) atoms. The quantitative estimate of drug-likeness (QED) is 0.630. The Morgan fingerprint density at radius 1 is 1.21 bits per heavy atom. The number of nitrogens with zero attached hydrogens (tertiary/aromatic N) is 1. The summed E-state index contributed by atoms with van der Waals surface area (Å²) in [5.74, 6) is -0.432. The third-order valence-electron chi connectivity index (χ3n) is 4.09. The van der Waals surface area contributed by atoms with Crippen LogP contribution in [0.2, 0.25) is 10.0 Å². The van der Waals surface area contributed by atoms with Crippen LogP contribution < -0.4 is 15.0 Å². The summed E-state index contributed by atoms with van der Waals surface area (Å²) >= 11 is 13.1. The zero-order chi connectivity index (χ0) is 21.0. The van der Waals surface area contributed by atoms with Gasteiger partial charge in [-0.05, 0) is 37.3 Å². The lowest BCUT2D eigenvalue weighted by atomic mass is 10.3. The second-order valence-corrected chi connectivity index (χ2v) is 8.24. The number of nitrogens with one attached hydrogen (secondary N) is 1. The summed E-state index contributed by atoms with van der Waals surface area (Å²) in [6, 6.07) is 11.6. The van der Waals surface area contributed by atoms with E-state index in [0.717, 1.165) is 16.7 Å². The smallest absolute Gasteiger partial charge is 0.247 e. The lowest BCUT2D eigenvalue weighted by Crippen LogP contribution is -2.31. The van der Waals surface area contributed by atoms with Crippen molar-refractivity contribution in [3.8, 4) is 5.75 Å². The molecule has 152 valence electrons. The Balaban J connectivity index is 1.62. The van der Waals surface area contributed by atoms with Crippen LogP contribution >= 0.6 is 35.0 Å². The molecule has 1 unspecified atom stereocenters. The zero-order valence-corrected chi connectivity index (χ0v) is 17.8. The first-order chi connectivity index (χ1) is 13.9. The molecule has 1 N–H and O–H groups in total. The summed E-state index contributed by atoms with van der Waals surface area (Å²) < 4.78 is 5.48. The molecule has 6 nitrogen and oxygen atoms in total. The summed E-state index contributed by atoms with van der Waals surface area (Å²) in [7, 11) is 0. The van der Waals surface area contributed by atoms with Gasteiger partial charge < -0.3 is 10.1 Å². The third-order valence-corrected chi connectivity index (χ3v) is 5.72. The third kappa shape index (κ3) is 5.23. The molecule has 9 heteroatoms. The highest BCUT2D eigenvalue weighted by Crippen LogP contribution is 2.33. The number of anilines is 2. The van der Waals surface area contributed by atoms with Crippen LogP contribution in [-0.4, -0.2) is 35.3 Å². The fourth-order valence-corrected chi connectivity index (χ4v) is 4.34. The van der Waals surface area contributed by atoms with Gasteiger partial charge >= 0.3 is 0 Å². The number of imide groups is 1. The maximum absolute atomic E-state index is 12.7. The number of ether oxygens (including phenoxy) is 1. The molecular weight excluding hydrogens is 435 g/mol. The van der Waals surface area contributed by atoms with Gasteiger partial charge in [0.05, 0.1) is 29.0 Å². The van der Waals surface area contributed by atoms with Gasteiger partial charge in [0.2, 0.25) is 17.7 Å². The van der Waals surface area contributed by atoms with Crippen molar-refractivity contribution < 1.29 is 19.1 Å². The number of hydrogen-bond donors (Lipinski definition) is 1. The number of halogens is 2. The highest BCUT2D eigenvalue weighted by atomic mass is 35.5. The first-order valence-electron chi connectivity index (χ1n) is 8.85. The molecular formula is C20H18Cl2N2O4S. The maximum atomic E-state index is 12.7. The van der Waals surface area contributed by atoms with E-state index < -0.39 is 5.25 Å². The Hall–Kier alpha value is -2.22. The molecule has 2 aromatic rings. The number of carbonyl (C=O) groups excluding carboxylic acids is 3. The van der Waals surface area contributed by atoms with Gasteiger partial charge in [0.15, 0.2) is 0 Å². The van der Waals surface area contributed by atoms with E-state index in [1.54, 1.807) is 18.2 Å². The molecule has 3 amide bonds. The molecule has 0 aliphatic carbocycles. The topological polar surface area (TPSA) is 75.7 Å². The first kappa shape index (κ1) is 21.5. The first-order valence-corrected chi connectivity index (χ1v) is 10.7. The molecule has 1 fully saturated rings. The van der Waals surface area contributed by atoms with Crippen LogP contribution in [0.25, 0.3) is 0 Å². The molecule has 1 heterocycles. The highest BCUT2D eigenvalue weighted by molar-refractivity contribution is 8.01. The Morgan fingerprint density at radius 3 is 2.59 bits per heavy atom. The van der Waals surface area contributed by atoms with E-state index in [2.05, 4.69) is 5.32 Å². The van der Waals surface area contributed by atoms with Crippen LogP contribution in [0.1, 0.15) is 13.3 Å². The van der Waals surface area contributed by atoms with Crippen LogP contribution in [0, 0.1) is 0 Å². The average Bonchev–Trinajstić information content (AvgIpc) is 2.94. The second kappa shape index (κ2) is 9.52. The van der Waals surface area contributed by atoms with E-state index in [-0.39, 0.29) is 29.9 Å². The van der Waals surface area contributed by atoms with Crippen molar-refractivity contribution >= 4 is 64.1 Å². The van der Waals surface area contributed by atoms with E-state index in [9.17, 15) is 14.4 Å². The lowest BCUT2D eigenvalue weighted by molar-refractivity contribution is -0.121. The highest BCUT2D eigenvalue weighted by Gasteiger charge is 2.40. The SMILES string of the molecule is CCOc1ccccc1NC(=O)CSC1CC(=O)N(c2cc(Cl)cc(Cl)c2)C1=O. The number of thioether (sulfide) groups is 1. The van der Waals surface area contributed by atoms with Crippen molar-refractivity contribution in [1.82, 2.24) is 0 Å². The minimum atomic E-state index is -0.645. The van der Waals surface area contributed by atoms with Gasteiger partial charge in [0.1, 0.15) is 5.75 Å². The van der Waals surface area contributed by atoms with Crippen molar-refractivity contribution in [1.29, 1.82) is 0 Å². The van der Waals surface area contributed by atoms with Crippen molar-refractivity contribution in [2.24, 2.45) is 0 Å². The molecule has 2 aromatic carbocycles. The van der Waals surface area contributed by atoms with Crippen LogP contribution in [0.15, 0.2) is 42.5 Å². The normalized spacial score (nSPS) is 16.2. The molecule has 0 radical (unpaired) electrons. The second-order valence-electron chi connectivity index (χ2n) is 6.18. The average molecular weight is 453 g/mol. The van der Waals surface area contributed by atoms with Gasteiger partial charge in [-0.3, -0.25) is 14.4 Å². The molecule has 0 saturated carbocycles. The zero-order valence-electron chi connectivity index (χ0n) is 15.5. The van der Waals surface area contributed by atoms with Crippen molar-refractivity contribution in [3.63, 3.8) is 0 Å². The summed E-state index contributed by atoms with van der Waals surface area (Å²) in [6.45, 7) is 2.33. The predicted molar refractivity (Wildman–Crippen MR) is 116 cm³/mol. The summed E-state index contributed by atoms with van der Waals surface area (Å²) in [6.07, 6.45) is 0.0104. The largest absolute Gasteiger partial charge is 0.492 e. The monoisotopic (exact) mass is 452 g/mol. The van der Waals surface area contributed by atoms with E-state index >= 15 is 0 Å². The molecule has 1 atom stereocenters. The van der Waals surface area contributed by atoms with E-state index in [1.807, 2.05) is 13.0 Å². The van der Waals surface area contributed by atoms with Gasteiger partial charge in [-0.1, -0.05) is 35.3 Å². The minimum absolute atomic E-state index is 0.0104. The molecule has 0 bridgehead atoms. The summed E-state index contributed by atoms with van der Waals surface area (Å²) in [4.78, 5) is 38.4. The number of hydrogen-bond acceptors (Lipinski definition) is 5. The Kier molecular flexibility index (Phi) is 7.05. The van der Waals surface area contributed by atoms with Gasteiger partial charge in [-0.2, -0.15) is 0 Å². The standard InChI is InChI=1S/C20H18Cl2N2O4S/c1-2-28-16-6-4-3-5-15(16)23-18(25)11-29-17-10-19(26)24(20(17)27)14-8-12(21)7-13(22)9-14/h3-9,17H,2,10-11H2,1H3,(H,23,25). The summed E-state index contributed by atoms with van der Waals surface area (Å²) in [5.41, 5.74) is 0.889. The van der Waals surface area contributed by atoms with Crippen molar-refractivity contribution in [3.05, 3.63) is 52.5 Å². The van der Waals surface area contributed by atoms with Gasteiger partial charge in [-0.25, -0.2) is 4.90 Å². The predicted octanol–water partition coefficient (Wildman–Crippen LogP) is 4.40. The van der Waals surface area contributed by atoms with E-state index in [4.69, 9.17) is 27.9 Å². The van der Waals surface area contributed by atoms with E-state index in [1.165, 1.54) is 18.2 Å². The fraction of sp³-hybridized carbons (Fsp3) is 0.250. The van der Waals surface area contributed by atoms with Gasteiger partial charge in [0.25, 0.3) is 0 Å². The fourth-order valence-electron chi connectivity index (χ4n) is 2.89. The number of benzene rings is 2. The van der Waals surface area contributed by atoms with Gasteiger partial charge in [0, 0.05) is 16.5 Å². The Morgan fingerprint density at radius 2 is 1.90 bits per heavy atom. The van der Waals surface area contributed by atoms with Crippen molar-refractivity contribution in [2.75, 3.05) is 22.6 Å². The lowest BCUT2D eigenvalue weighted by Gasteiger charge is -2.16. The number of carbonyl (C=O) groups is 3. The Labute approximate surface area is 182 Å². The molecule has 1 aliphatic rings. The van der Waals surface area contributed by atoms with Crippen LogP contribution in [0.4, 0.5) is 11.4 Å². The molecule has 0 spiro atoms.